The van der Waals surface area contributed by atoms with Crippen LogP contribution in [-0.2, 0) is 24.3 Å². The molecule has 1 aromatic rings. The van der Waals surface area contributed by atoms with Crippen molar-refractivity contribution in [3.63, 3.8) is 0 Å². The Morgan fingerprint density at radius 2 is 1.83 bits per heavy atom. The van der Waals surface area contributed by atoms with Crippen LogP contribution in [0, 0.1) is 12.8 Å². The van der Waals surface area contributed by atoms with E-state index >= 15 is 0 Å². The van der Waals surface area contributed by atoms with E-state index in [-0.39, 0.29) is 42.0 Å². The van der Waals surface area contributed by atoms with Crippen molar-refractivity contribution in [3.05, 3.63) is 29.8 Å². The van der Waals surface area contributed by atoms with Gasteiger partial charge in [0, 0.05) is 25.7 Å². The van der Waals surface area contributed by atoms with Crippen LogP contribution >= 0.6 is 0 Å². The van der Waals surface area contributed by atoms with Gasteiger partial charge in [-0.2, -0.15) is 0 Å². The summed E-state index contributed by atoms with van der Waals surface area (Å²) in [6.07, 6.45) is 2.67. The predicted octanol–water partition coefficient (Wildman–Crippen LogP) is 1.11. The molecule has 8 nitrogen and oxygen atoms in total. The van der Waals surface area contributed by atoms with Crippen LogP contribution in [0.1, 0.15) is 37.7 Å². The molecule has 0 saturated carbocycles. The molecule has 9 heteroatoms. The van der Waals surface area contributed by atoms with Gasteiger partial charge >= 0.3 is 0 Å². The lowest BCUT2D eigenvalue weighted by Crippen LogP contribution is -2.52. The van der Waals surface area contributed by atoms with E-state index in [2.05, 4.69) is 10.0 Å². The number of amides is 1. The molecular formula is C21H32N2O6S. The first kappa shape index (κ1) is 23.1. The van der Waals surface area contributed by atoms with E-state index in [0.29, 0.717) is 45.3 Å². The molecule has 2 fully saturated rings. The van der Waals surface area contributed by atoms with Crippen molar-refractivity contribution in [2.75, 3.05) is 26.4 Å². The Morgan fingerprint density at radius 3 is 2.50 bits per heavy atom. The Hall–Kier alpha value is -1.52. The van der Waals surface area contributed by atoms with E-state index in [1.54, 1.807) is 24.3 Å². The highest BCUT2D eigenvalue weighted by atomic mass is 32.2. The van der Waals surface area contributed by atoms with E-state index in [9.17, 15) is 18.3 Å². The van der Waals surface area contributed by atoms with Crippen LogP contribution < -0.4 is 10.0 Å². The highest BCUT2D eigenvalue weighted by Crippen LogP contribution is 2.23. The van der Waals surface area contributed by atoms with E-state index < -0.39 is 16.1 Å². The molecule has 0 aliphatic carbocycles. The minimum atomic E-state index is -3.56. The van der Waals surface area contributed by atoms with Crippen LogP contribution in [-0.4, -0.2) is 64.0 Å². The van der Waals surface area contributed by atoms with Crippen molar-refractivity contribution in [3.8, 4) is 0 Å². The lowest BCUT2D eigenvalue weighted by molar-refractivity contribution is -0.134. The van der Waals surface area contributed by atoms with Gasteiger partial charge in [-0.15, -0.1) is 0 Å². The predicted molar refractivity (Wildman–Crippen MR) is 111 cm³/mol. The number of sulfonamides is 1. The van der Waals surface area contributed by atoms with E-state index in [0.717, 1.165) is 5.56 Å². The lowest BCUT2D eigenvalue weighted by atomic mass is 9.94. The highest BCUT2D eigenvalue weighted by molar-refractivity contribution is 7.89. The van der Waals surface area contributed by atoms with Gasteiger partial charge in [0.25, 0.3) is 0 Å². The fourth-order valence-corrected chi connectivity index (χ4v) is 4.97. The maximum absolute atomic E-state index is 12.5. The van der Waals surface area contributed by atoms with Crippen LogP contribution in [0.4, 0.5) is 0 Å². The number of hydrogen-bond acceptors (Lipinski definition) is 6. The number of rotatable bonds is 8. The molecular weight excluding hydrogens is 408 g/mol. The van der Waals surface area contributed by atoms with E-state index in [1.807, 2.05) is 6.92 Å². The first-order valence-corrected chi connectivity index (χ1v) is 12.1. The van der Waals surface area contributed by atoms with Crippen molar-refractivity contribution < 1.29 is 27.8 Å². The topological polar surface area (TPSA) is 114 Å². The van der Waals surface area contributed by atoms with Crippen molar-refractivity contribution in [2.45, 2.75) is 62.2 Å². The maximum Gasteiger partial charge on any atom is 0.240 e. The number of aliphatic hydroxyl groups excluding tert-OH is 1. The summed E-state index contributed by atoms with van der Waals surface area (Å²) in [4.78, 5) is 12.7. The molecule has 0 unspecified atom stereocenters. The SMILES string of the molecule is Cc1ccc(S(=O)(=O)NCC[C@@H]2CC[C@@H](NC(=O)C3CCOCC3)[C@H](CO)O2)cc1. The van der Waals surface area contributed by atoms with Gasteiger partial charge in [0.15, 0.2) is 0 Å². The quantitative estimate of drug-likeness (QED) is 0.558. The molecule has 2 saturated heterocycles. The monoisotopic (exact) mass is 440 g/mol. The number of nitrogens with one attached hydrogen (secondary N) is 2. The number of aliphatic hydroxyl groups is 1. The number of aryl methyl sites for hydroxylation is 1. The second kappa shape index (κ2) is 10.7. The van der Waals surface area contributed by atoms with Crippen molar-refractivity contribution in [2.24, 2.45) is 5.92 Å². The zero-order valence-corrected chi connectivity index (χ0v) is 18.2. The summed E-state index contributed by atoms with van der Waals surface area (Å²) in [6.45, 7) is 3.16. The van der Waals surface area contributed by atoms with Gasteiger partial charge in [0.05, 0.1) is 23.6 Å². The average molecular weight is 441 g/mol. The van der Waals surface area contributed by atoms with Gasteiger partial charge in [-0.1, -0.05) is 17.7 Å². The molecule has 3 N–H and O–H groups in total. The van der Waals surface area contributed by atoms with Crippen LogP contribution in [0.15, 0.2) is 29.2 Å². The van der Waals surface area contributed by atoms with Gasteiger partial charge in [0.1, 0.15) is 6.10 Å². The Bertz CT molecular complexity index is 792. The first-order chi connectivity index (χ1) is 14.4. The standard InChI is InChI=1S/C21H32N2O6S/c1-15-2-5-18(6-3-15)30(26,27)22-11-8-17-4-7-19(20(14-24)29-17)23-21(25)16-9-12-28-13-10-16/h2-3,5-6,16-17,19-20,22,24H,4,7-14H2,1H3,(H,23,25)/t17-,19+,20-/m0/s1. The summed E-state index contributed by atoms with van der Waals surface area (Å²) in [5, 5.41) is 12.7. The third-order valence-corrected chi connectivity index (χ3v) is 7.28. The van der Waals surface area contributed by atoms with E-state index in [4.69, 9.17) is 9.47 Å². The third kappa shape index (κ3) is 6.24. The summed E-state index contributed by atoms with van der Waals surface area (Å²) in [7, 11) is -3.56. The molecule has 2 aliphatic heterocycles. The molecule has 0 spiro atoms. The fraction of sp³-hybridized carbons (Fsp3) is 0.667. The van der Waals surface area contributed by atoms with Crippen molar-refractivity contribution >= 4 is 15.9 Å². The highest BCUT2D eigenvalue weighted by Gasteiger charge is 2.33. The van der Waals surface area contributed by atoms with Crippen LogP contribution in [0.2, 0.25) is 0 Å². The smallest absolute Gasteiger partial charge is 0.240 e. The summed E-state index contributed by atoms with van der Waals surface area (Å²) in [6, 6.07) is 6.47. The first-order valence-electron chi connectivity index (χ1n) is 10.6. The molecule has 0 bridgehead atoms. The molecule has 2 heterocycles. The minimum absolute atomic E-state index is 0.00495. The molecule has 0 radical (unpaired) electrons. The minimum Gasteiger partial charge on any atom is -0.394 e. The molecule has 3 atom stereocenters. The van der Waals surface area contributed by atoms with Crippen LogP contribution in [0.3, 0.4) is 0 Å². The van der Waals surface area contributed by atoms with Gasteiger partial charge in [-0.3, -0.25) is 4.79 Å². The second-order valence-electron chi connectivity index (χ2n) is 8.06. The molecule has 168 valence electrons. The number of carbonyl (C=O) groups excluding carboxylic acids is 1. The van der Waals surface area contributed by atoms with Crippen molar-refractivity contribution in [1.82, 2.24) is 10.0 Å². The third-order valence-electron chi connectivity index (χ3n) is 5.81. The largest absolute Gasteiger partial charge is 0.394 e. The van der Waals surface area contributed by atoms with Gasteiger partial charge in [-0.25, -0.2) is 13.1 Å². The van der Waals surface area contributed by atoms with Gasteiger partial charge in [-0.05, 0) is 51.2 Å². The Balaban J connectivity index is 1.45. The summed E-state index contributed by atoms with van der Waals surface area (Å²) >= 11 is 0. The van der Waals surface area contributed by atoms with Crippen molar-refractivity contribution in [1.29, 1.82) is 0 Å². The molecule has 30 heavy (non-hydrogen) atoms. The number of benzene rings is 1. The molecule has 2 aliphatic rings. The zero-order valence-electron chi connectivity index (χ0n) is 17.4. The second-order valence-corrected chi connectivity index (χ2v) is 9.82. The van der Waals surface area contributed by atoms with Gasteiger partial charge < -0.3 is 19.9 Å². The Kier molecular flexibility index (Phi) is 8.24. The van der Waals surface area contributed by atoms with Crippen LogP contribution in [0.5, 0.6) is 0 Å². The summed E-state index contributed by atoms with van der Waals surface area (Å²) < 4.78 is 38.6. The van der Waals surface area contributed by atoms with Gasteiger partial charge in [0.2, 0.25) is 15.9 Å². The molecule has 3 rings (SSSR count). The summed E-state index contributed by atoms with van der Waals surface area (Å²) in [5.41, 5.74) is 0.998. The normalized spacial score (nSPS) is 25.7. The van der Waals surface area contributed by atoms with E-state index in [1.165, 1.54) is 0 Å². The maximum atomic E-state index is 12.5. The Labute approximate surface area is 178 Å². The zero-order chi connectivity index (χ0) is 21.6. The summed E-state index contributed by atoms with van der Waals surface area (Å²) in [5.74, 6) is -0.0540. The van der Waals surface area contributed by atoms with Crippen LogP contribution in [0.25, 0.3) is 0 Å². The number of ether oxygens (including phenoxy) is 2. The number of hydrogen-bond donors (Lipinski definition) is 3. The lowest BCUT2D eigenvalue weighted by Gasteiger charge is -2.37. The average Bonchev–Trinajstić information content (AvgIpc) is 2.75. The Morgan fingerprint density at radius 1 is 1.13 bits per heavy atom. The molecule has 1 aromatic carbocycles. The molecule has 0 aromatic heterocycles. The molecule has 1 amide bonds. The fourth-order valence-electron chi connectivity index (χ4n) is 3.92. The number of carbonyl (C=O) groups is 1.